The van der Waals surface area contributed by atoms with Gasteiger partial charge in [-0.2, -0.15) is 4.31 Å². The van der Waals surface area contributed by atoms with Crippen molar-refractivity contribution in [2.24, 2.45) is 5.92 Å². The Kier molecular flexibility index (Phi) is 6.65. The highest BCUT2D eigenvalue weighted by molar-refractivity contribution is 7.89. The first-order chi connectivity index (χ1) is 9.45. The average molecular weight is 337 g/mol. The summed E-state index contributed by atoms with van der Waals surface area (Å²) in [7, 11) is -1.62. The number of nitrogens with zero attached hydrogens (tertiary/aromatic N) is 3. The smallest absolute Gasteiger partial charge is 0.262 e. The maximum Gasteiger partial charge on any atom is 0.262 e. The zero-order valence-electron chi connectivity index (χ0n) is 12.8. The monoisotopic (exact) mass is 336 g/mol. The van der Waals surface area contributed by atoms with E-state index in [0.717, 1.165) is 19.4 Å². The molecule has 0 aliphatic carbocycles. The van der Waals surface area contributed by atoms with Crippen LogP contribution in [-0.4, -0.2) is 48.5 Å². The standard InChI is InChI=1S/C13H24N4O2S.ClH/c1-11(2)8-16-9-13(15-10-16)20(18,19)17-6-4-5-12(17)7-14-3;/h9-12,14H,4-8H2,1-3H3;1H. The Labute approximate surface area is 133 Å². The maximum atomic E-state index is 12.6. The Balaban J connectivity index is 0.00000220. The SMILES string of the molecule is CNCC1CCCN1S(=O)(=O)c1cn(CC(C)C)cn1.Cl. The van der Waals surface area contributed by atoms with Crippen molar-refractivity contribution >= 4 is 22.4 Å². The van der Waals surface area contributed by atoms with Crippen molar-refractivity contribution in [3.63, 3.8) is 0 Å². The normalized spacial score (nSPS) is 19.9. The van der Waals surface area contributed by atoms with Gasteiger partial charge < -0.3 is 9.88 Å². The molecule has 0 bridgehead atoms. The molecule has 0 spiro atoms. The van der Waals surface area contributed by atoms with E-state index in [1.807, 2.05) is 11.6 Å². The molecule has 1 aliphatic rings. The molecule has 1 aromatic heterocycles. The van der Waals surface area contributed by atoms with Crippen molar-refractivity contribution in [1.29, 1.82) is 0 Å². The first-order valence-corrected chi connectivity index (χ1v) is 8.57. The molecule has 0 amide bonds. The Morgan fingerprint density at radius 2 is 2.19 bits per heavy atom. The molecule has 1 aromatic rings. The lowest BCUT2D eigenvalue weighted by Gasteiger charge is -2.22. The van der Waals surface area contributed by atoms with Crippen LogP contribution in [0.15, 0.2) is 17.6 Å². The number of halogens is 1. The molecule has 2 rings (SSSR count). The summed E-state index contributed by atoms with van der Waals surface area (Å²) in [5, 5.41) is 3.23. The topological polar surface area (TPSA) is 67.2 Å². The molecule has 1 fully saturated rings. The van der Waals surface area contributed by atoms with Crippen molar-refractivity contribution < 1.29 is 8.42 Å². The number of sulfonamides is 1. The molecule has 122 valence electrons. The molecule has 0 saturated carbocycles. The van der Waals surface area contributed by atoms with Crippen LogP contribution in [0.1, 0.15) is 26.7 Å². The predicted octanol–water partition coefficient (Wildman–Crippen LogP) is 1.33. The minimum Gasteiger partial charge on any atom is -0.336 e. The third-order valence-electron chi connectivity index (χ3n) is 3.52. The second-order valence-electron chi connectivity index (χ2n) is 5.77. The average Bonchev–Trinajstić information content (AvgIpc) is 2.98. The van der Waals surface area contributed by atoms with Gasteiger partial charge in [-0.05, 0) is 25.8 Å². The highest BCUT2D eigenvalue weighted by Gasteiger charge is 2.36. The zero-order chi connectivity index (χ0) is 14.8. The van der Waals surface area contributed by atoms with Crippen LogP contribution < -0.4 is 5.32 Å². The van der Waals surface area contributed by atoms with E-state index in [4.69, 9.17) is 0 Å². The van der Waals surface area contributed by atoms with Crippen LogP contribution in [0.25, 0.3) is 0 Å². The molecule has 1 N–H and O–H groups in total. The fraction of sp³-hybridized carbons (Fsp3) is 0.769. The lowest BCUT2D eigenvalue weighted by atomic mass is 10.2. The molecule has 0 radical (unpaired) electrons. The first kappa shape index (κ1) is 18.4. The summed E-state index contributed by atoms with van der Waals surface area (Å²) < 4.78 is 28.7. The molecule has 2 heterocycles. The van der Waals surface area contributed by atoms with Gasteiger partial charge in [0, 0.05) is 31.9 Å². The Hall–Kier alpha value is -0.630. The van der Waals surface area contributed by atoms with Gasteiger partial charge in [-0.25, -0.2) is 13.4 Å². The van der Waals surface area contributed by atoms with Gasteiger partial charge in [0.05, 0.1) is 6.33 Å². The fourth-order valence-electron chi connectivity index (χ4n) is 2.68. The van der Waals surface area contributed by atoms with Crippen LogP contribution in [0.5, 0.6) is 0 Å². The van der Waals surface area contributed by atoms with Crippen molar-refractivity contribution in [1.82, 2.24) is 19.2 Å². The van der Waals surface area contributed by atoms with E-state index in [2.05, 4.69) is 24.1 Å². The summed E-state index contributed by atoms with van der Waals surface area (Å²) >= 11 is 0. The van der Waals surface area contributed by atoms with Crippen molar-refractivity contribution in [2.75, 3.05) is 20.1 Å². The highest BCUT2D eigenvalue weighted by atomic mass is 35.5. The quantitative estimate of drug-likeness (QED) is 0.851. The Morgan fingerprint density at radius 3 is 2.81 bits per heavy atom. The molecule has 21 heavy (non-hydrogen) atoms. The summed E-state index contributed by atoms with van der Waals surface area (Å²) in [4.78, 5) is 4.09. The molecule has 0 aromatic carbocycles. The third-order valence-corrected chi connectivity index (χ3v) is 5.36. The maximum absolute atomic E-state index is 12.6. The van der Waals surface area contributed by atoms with Crippen LogP contribution in [0, 0.1) is 5.92 Å². The lowest BCUT2D eigenvalue weighted by molar-refractivity contribution is 0.377. The molecule has 1 atom stereocenters. The van der Waals surface area contributed by atoms with Gasteiger partial charge in [-0.1, -0.05) is 13.8 Å². The zero-order valence-corrected chi connectivity index (χ0v) is 14.5. The molecule has 1 unspecified atom stereocenters. The van der Waals surface area contributed by atoms with Crippen molar-refractivity contribution in [3.8, 4) is 0 Å². The fourth-order valence-corrected chi connectivity index (χ4v) is 4.31. The molecular formula is C13H25ClN4O2S. The van der Waals surface area contributed by atoms with Crippen molar-refractivity contribution in [3.05, 3.63) is 12.5 Å². The number of rotatable bonds is 6. The molecular weight excluding hydrogens is 312 g/mol. The van der Waals surface area contributed by atoms with E-state index >= 15 is 0 Å². The minimum atomic E-state index is -3.46. The second-order valence-corrected chi connectivity index (χ2v) is 7.61. The van der Waals surface area contributed by atoms with Gasteiger partial charge in [0.25, 0.3) is 10.0 Å². The summed E-state index contributed by atoms with van der Waals surface area (Å²) in [5.74, 6) is 0.462. The second kappa shape index (κ2) is 7.58. The van der Waals surface area contributed by atoms with E-state index in [1.54, 1.807) is 16.8 Å². The molecule has 8 heteroatoms. The highest BCUT2D eigenvalue weighted by Crippen LogP contribution is 2.24. The van der Waals surface area contributed by atoms with E-state index in [9.17, 15) is 8.42 Å². The van der Waals surface area contributed by atoms with Crippen LogP contribution in [0.2, 0.25) is 0 Å². The van der Waals surface area contributed by atoms with E-state index in [-0.39, 0.29) is 23.5 Å². The Morgan fingerprint density at radius 1 is 1.48 bits per heavy atom. The van der Waals surface area contributed by atoms with E-state index in [1.165, 1.54) is 0 Å². The minimum absolute atomic E-state index is 0. The number of likely N-dealkylation sites (N-methyl/N-ethyl adjacent to an activating group) is 1. The summed E-state index contributed by atoms with van der Waals surface area (Å²) in [6, 6.07) is 0.0419. The van der Waals surface area contributed by atoms with E-state index in [0.29, 0.717) is 19.0 Å². The molecule has 6 nitrogen and oxygen atoms in total. The number of hydrogen-bond donors (Lipinski definition) is 1. The third kappa shape index (κ3) is 4.18. The molecule has 1 aliphatic heterocycles. The lowest BCUT2D eigenvalue weighted by Crippen LogP contribution is -2.40. The van der Waals surface area contributed by atoms with Crippen LogP contribution in [0.3, 0.4) is 0 Å². The number of imidazole rings is 1. The summed E-state index contributed by atoms with van der Waals surface area (Å²) in [6.45, 7) is 6.25. The summed E-state index contributed by atoms with van der Waals surface area (Å²) in [6.07, 6.45) is 5.07. The number of hydrogen-bond acceptors (Lipinski definition) is 4. The Bertz CT molecular complexity index is 544. The van der Waals surface area contributed by atoms with Gasteiger partial charge in [0.2, 0.25) is 0 Å². The number of nitrogens with one attached hydrogen (secondary N) is 1. The van der Waals surface area contributed by atoms with Gasteiger partial charge in [-0.3, -0.25) is 0 Å². The van der Waals surface area contributed by atoms with Gasteiger partial charge in [0.1, 0.15) is 0 Å². The summed E-state index contributed by atoms with van der Waals surface area (Å²) in [5.41, 5.74) is 0. The molecule has 1 saturated heterocycles. The first-order valence-electron chi connectivity index (χ1n) is 7.13. The predicted molar refractivity (Wildman–Crippen MR) is 85.2 cm³/mol. The van der Waals surface area contributed by atoms with Crippen molar-refractivity contribution in [2.45, 2.75) is 44.3 Å². The number of aromatic nitrogens is 2. The van der Waals surface area contributed by atoms with Gasteiger partial charge in [0.15, 0.2) is 5.03 Å². The van der Waals surface area contributed by atoms with Crippen LogP contribution >= 0.6 is 12.4 Å². The van der Waals surface area contributed by atoms with Crippen LogP contribution in [-0.2, 0) is 16.6 Å². The van der Waals surface area contributed by atoms with Gasteiger partial charge >= 0.3 is 0 Å². The van der Waals surface area contributed by atoms with E-state index < -0.39 is 10.0 Å². The van der Waals surface area contributed by atoms with Crippen LogP contribution in [0.4, 0.5) is 0 Å². The largest absolute Gasteiger partial charge is 0.336 e. The van der Waals surface area contributed by atoms with Gasteiger partial charge in [-0.15, -0.1) is 12.4 Å².